The third kappa shape index (κ3) is 3.60. The van der Waals surface area contributed by atoms with Crippen molar-refractivity contribution < 1.29 is 24.5 Å². The number of aliphatic hydroxyl groups is 1. The van der Waals surface area contributed by atoms with E-state index < -0.39 is 17.7 Å². The first kappa shape index (κ1) is 21.2. The van der Waals surface area contributed by atoms with E-state index in [-0.39, 0.29) is 17.1 Å². The molecule has 1 fully saturated rings. The molecule has 1 unspecified atom stereocenters. The summed E-state index contributed by atoms with van der Waals surface area (Å²) in [7, 11) is 1.55. The largest absolute Gasteiger partial charge is 0.508 e. The number of nitrogens with zero attached hydrogens (tertiary/aromatic N) is 1. The highest BCUT2D eigenvalue weighted by Crippen LogP contribution is 2.43. The Labute approximate surface area is 186 Å². The van der Waals surface area contributed by atoms with Gasteiger partial charge in [0.2, 0.25) is 0 Å². The molecule has 1 saturated heterocycles. The van der Waals surface area contributed by atoms with Crippen LogP contribution in [0.1, 0.15) is 28.3 Å². The van der Waals surface area contributed by atoms with Gasteiger partial charge in [-0.15, -0.1) is 0 Å². The molecule has 6 nitrogen and oxygen atoms in total. The molecule has 1 aliphatic heterocycles. The number of ether oxygens (including phenoxy) is 1. The van der Waals surface area contributed by atoms with Gasteiger partial charge < -0.3 is 14.9 Å². The van der Waals surface area contributed by atoms with E-state index in [9.17, 15) is 19.8 Å². The minimum Gasteiger partial charge on any atom is -0.508 e. The van der Waals surface area contributed by atoms with Crippen molar-refractivity contribution in [1.82, 2.24) is 0 Å². The standard InChI is InChI=1S/C26H23NO5/c1-15-5-4-6-18(13-15)27-23(17-7-9-19(28)10-8-17)22(25(30)26(27)31)24(29)21-12-11-20(32-3)14-16(21)2/h4-14,23,28-29H,1-3H3/b24-22-. The van der Waals surface area contributed by atoms with Gasteiger partial charge in [-0.2, -0.15) is 0 Å². The van der Waals surface area contributed by atoms with Crippen LogP contribution >= 0.6 is 0 Å². The van der Waals surface area contributed by atoms with Crippen LogP contribution in [0.3, 0.4) is 0 Å². The zero-order chi connectivity index (χ0) is 23.0. The van der Waals surface area contributed by atoms with Crippen molar-refractivity contribution in [3.63, 3.8) is 0 Å². The van der Waals surface area contributed by atoms with Crippen molar-refractivity contribution in [3.05, 3.63) is 94.6 Å². The van der Waals surface area contributed by atoms with E-state index in [1.165, 1.54) is 17.0 Å². The number of Topliss-reactive ketones (excluding diaryl/α,β-unsaturated/α-hetero) is 1. The second kappa shape index (κ2) is 8.23. The molecule has 2 N–H and O–H groups in total. The van der Waals surface area contributed by atoms with Crippen LogP contribution in [-0.2, 0) is 9.59 Å². The normalized spacial score (nSPS) is 17.6. The molecule has 32 heavy (non-hydrogen) atoms. The monoisotopic (exact) mass is 429 g/mol. The summed E-state index contributed by atoms with van der Waals surface area (Å²) in [6, 6.07) is 17.8. The van der Waals surface area contributed by atoms with Gasteiger partial charge in [0.15, 0.2) is 0 Å². The lowest BCUT2D eigenvalue weighted by Gasteiger charge is -2.26. The molecule has 1 aliphatic rings. The number of phenolic OH excluding ortho intramolecular Hbond substituents is 1. The molecular formula is C26H23NO5. The Morgan fingerprint density at radius 1 is 0.969 bits per heavy atom. The molecule has 0 saturated carbocycles. The van der Waals surface area contributed by atoms with E-state index in [2.05, 4.69) is 0 Å². The van der Waals surface area contributed by atoms with Crippen LogP contribution in [-0.4, -0.2) is 29.0 Å². The number of aromatic hydroxyl groups is 1. The predicted octanol–water partition coefficient (Wildman–Crippen LogP) is 4.64. The van der Waals surface area contributed by atoms with Crippen molar-refractivity contribution in [3.8, 4) is 11.5 Å². The summed E-state index contributed by atoms with van der Waals surface area (Å²) in [6.07, 6.45) is 0. The zero-order valence-electron chi connectivity index (χ0n) is 18.0. The summed E-state index contributed by atoms with van der Waals surface area (Å²) >= 11 is 0. The lowest BCUT2D eigenvalue weighted by atomic mass is 9.93. The predicted molar refractivity (Wildman–Crippen MR) is 122 cm³/mol. The summed E-state index contributed by atoms with van der Waals surface area (Å²) < 4.78 is 5.23. The molecule has 6 heteroatoms. The van der Waals surface area contributed by atoms with Gasteiger partial charge in [0.1, 0.15) is 17.3 Å². The summed E-state index contributed by atoms with van der Waals surface area (Å²) in [5.41, 5.74) is 3.21. The van der Waals surface area contributed by atoms with Crippen LogP contribution in [0.25, 0.3) is 5.76 Å². The van der Waals surface area contributed by atoms with Gasteiger partial charge in [0.25, 0.3) is 11.7 Å². The first-order chi connectivity index (χ1) is 15.3. The lowest BCUT2D eigenvalue weighted by Crippen LogP contribution is -2.29. The second-order valence-corrected chi connectivity index (χ2v) is 7.78. The van der Waals surface area contributed by atoms with Crippen LogP contribution in [0, 0.1) is 13.8 Å². The van der Waals surface area contributed by atoms with Crippen LogP contribution in [0.15, 0.2) is 72.3 Å². The number of aliphatic hydroxyl groups excluding tert-OH is 1. The highest BCUT2D eigenvalue weighted by atomic mass is 16.5. The maximum atomic E-state index is 13.2. The van der Waals surface area contributed by atoms with Crippen molar-refractivity contribution in [1.29, 1.82) is 0 Å². The topological polar surface area (TPSA) is 87.1 Å². The van der Waals surface area contributed by atoms with Crippen LogP contribution < -0.4 is 9.64 Å². The summed E-state index contributed by atoms with van der Waals surface area (Å²) in [6.45, 7) is 3.69. The SMILES string of the molecule is COc1ccc(/C(O)=C2/C(=O)C(=O)N(c3cccc(C)c3)C2c2ccc(O)cc2)c(C)c1. The number of hydrogen-bond acceptors (Lipinski definition) is 5. The Kier molecular flexibility index (Phi) is 5.45. The fraction of sp³-hybridized carbons (Fsp3) is 0.154. The first-order valence-corrected chi connectivity index (χ1v) is 10.1. The number of carbonyl (C=O) groups excluding carboxylic acids is 2. The number of hydrogen-bond donors (Lipinski definition) is 2. The van der Waals surface area contributed by atoms with Crippen molar-refractivity contribution in [2.45, 2.75) is 19.9 Å². The molecule has 1 amide bonds. The van der Waals surface area contributed by atoms with Crippen molar-refractivity contribution >= 4 is 23.1 Å². The molecule has 0 radical (unpaired) electrons. The third-order valence-electron chi connectivity index (χ3n) is 5.62. The van der Waals surface area contributed by atoms with Gasteiger partial charge in [-0.1, -0.05) is 24.3 Å². The second-order valence-electron chi connectivity index (χ2n) is 7.78. The first-order valence-electron chi connectivity index (χ1n) is 10.1. The van der Waals surface area contributed by atoms with Crippen molar-refractivity contribution in [2.24, 2.45) is 0 Å². The van der Waals surface area contributed by atoms with Crippen LogP contribution in [0.4, 0.5) is 5.69 Å². The summed E-state index contributed by atoms with van der Waals surface area (Å²) in [5, 5.41) is 21.0. The molecule has 4 rings (SSSR count). The quantitative estimate of drug-likeness (QED) is 0.358. The minimum atomic E-state index is -0.848. The Hall–Kier alpha value is -4.06. The van der Waals surface area contributed by atoms with Gasteiger partial charge in [0, 0.05) is 11.3 Å². The van der Waals surface area contributed by atoms with Crippen molar-refractivity contribution in [2.75, 3.05) is 12.0 Å². The highest BCUT2D eigenvalue weighted by molar-refractivity contribution is 6.51. The van der Waals surface area contributed by atoms with E-state index >= 15 is 0 Å². The Balaban J connectivity index is 1.95. The number of carbonyl (C=O) groups is 2. The molecule has 0 bridgehead atoms. The summed E-state index contributed by atoms with van der Waals surface area (Å²) in [4.78, 5) is 27.7. The van der Waals surface area contributed by atoms with Gasteiger partial charge in [0.05, 0.1) is 18.7 Å². The third-order valence-corrected chi connectivity index (χ3v) is 5.62. The van der Waals surface area contributed by atoms with E-state index in [0.717, 1.165) is 5.56 Å². The molecule has 3 aromatic rings. The van der Waals surface area contributed by atoms with Gasteiger partial charge in [-0.05, 0) is 73.0 Å². The number of anilines is 1. The number of methoxy groups -OCH3 is 1. The van der Waals surface area contributed by atoms with Gasteiger partial charge in [-0.3, -0.25) is 14.5 Å². The smallest absolute Gasteiger partial charge is 0.300 e. The number of benzene rings is 3. The Morgan fingerprint density at radius 2 is 1.69 bits per heavy atom. The van der Waals surface area contributed by atoms with Gasteiger partial charge >= 0.3 is 0 Å². The molecule has 162 valence electrons. The minimum absolute atomic E-state index is 0.00420. The number of amides is 1. The number of rotatable bonds is 4. The molecule has 0 aliphatic carbocycles. The van der Waals surface area contributed by atoms with E-state index in [4.69, 9.17) is 4.74 Å². The van der Waals surface area contributed by atoms with E-state index in [1.807, 2.05) is 25.1 Å². The fourth-order valence-corrected chi connectivity index (χ4v) is 4.02. The van der Waals surface area contributed by atoms with E-state index in [0.29, 0.717) is 28.1 Å². The summed E-state index contributed by atoms with van der Waals surface area (Å²) in [5.74, 6) is -1.06. The molecule has 1 atom stereocenters. The van der Waals surface area contributed by atoms with Gasteiger partial charge in [-0.25, -0.2) is 0 Å². The fourth-order valence-electron chi connectivity index (χ4n) is 4.02. The number of ketones is 1. The molecule has 3 aromatic carbocycles. The van der Waals surface area contributed by atoms with E-state index in [1.54, 1.807) is 50.4 Å². The number of aryl methyl sites for hydroxylation is 2. The molecule has 0 aromatic heterocycles. The average molecular weight is 429 g/mol. The van der Waals surface area contributed by atoms with Crippen LogP contribution in [0.2, 0.25) is 0 Å². The highest BCUT2D eigenvalue weighted by Gasteiger charge is 2.47. The average Bonchev–Trinajstić information content (AvgIpc) is 3.04. The maximum Gasteiger partial charge on any atom is 0.300 e. The van der Waals surface area contributed by atoms with Crippen LogP contribution in [0.5, 0.6) is 11.5 Å². The number of phenols is 1. The molecule has 0 spiro atoms. The molecular weight excluding hydrogens is 406 g/mol. The molecule has 1 heterocycles. The maximum absolute atomic E-state index is 13.2. The Morgan fingerprint density at radius 3 is 2.31 bits per heavy atom. The lowest BCUT2D eigenvalue weighted by molar-refractivity contribution is -0.132. The Bertz CT molecular complexity index is 1240. The zero-order valence-corrected chi connectivity index (χ0v) is 18.0.